The molecule has 2 rings (SSSR count). The van der Waals surface area contributed by atoms with Gasteiger partial charge in [-0.05, 0) is 37.8 Å². The lowest BCUT2D eigenvalue weighted by atomic mass is 10.1. The molecule has 0 aliphatic heterocycles. The quantitative estimate of drug-likeness (QED) is 0.579. The topological polar surface area (TPSA) is 80.5 Å². The third kappa shape index (κ3) is 3.46. The number of hydrogen-bond donors (Lipinski definition) is 2. The molecule has 0 aromatic carbocycles. The molecule has 1 heterocycles. The van der Waals surface area contributed by atoms with E-state index in [4.69, 9.17) is 10.6 Å². The van der Waals surface area contributed by atoms with Crippen LogP contribution < -0.4 is 11.3 Å². The van der Waals surface area contributed by atoms with E-state index in [2.05, 4.69) is 17.3 Å². The van der Waals surface area contributed by atoms with Crippen LogP contribution in [0.15, 0.2) is 18.3 Å². The van der Waals surface area contributed by atoms with E-state index in [1.165, 1.54) is 12.8 Å². The van der Waals surface area contributed by atoms with Crippen LogP contribution in [0.25, 0.3) is 0 Å². The van der Waals surface area contributed by atoms with Crippen LogP contribution >= 0.6 is 0 Å². The van der Waals surface area contributed by atoms with Gasteiger partial charge in [0.15, 0.2) is 0 Å². The Hall–Kier alpha value is -1.66. The van der Waals surface area contributed by atoms with Crippen LogP contribution in [0.3, 0.4) is 0 Å². The molecule has 1 fully saturated rings. The summed E-state index contributed by atoms with van der Waals surface area (Å²) in [4.78, 5) is 18.6. The smallest absolute Gasteiger partial charge is 0.254 e. The highest BCUT2D eigenvalue weighted by Gasteiger charge is 2.34. The van der Waals surface area contributed by atoms with Gasteiger partial charge in [0, 0.05) is 31.5 Å². The van der Waals surface area contributed by atoms with Gasteiger partial charge in [-0.15, -0.1) is 0 Å². The fraction of sp³-hybridized carbons (Fsp3) is 0.571. The van der Waals surface area contributed by atoms with Crippen molar-refractivity contribution in [1.29, 1.82) is 0 Å². The highest BCUT2D eigenvalue weighted by Crippen LogP contribution is 2.35. The van der Waals surface area contributed by atoms with Crippen LogP contribution in [-0.2, 0) is 4.74 Å². The van der Waals surface area contributed by atoms with Gasteiger partial charge >= 0.3 is 0 Å². The van der Waals surface area contributed by atoms with E-state index < -0.39 is 0 Å². The van der Waals surface area contributed by atoms with Crippen molar-refractivity contribution in [3.63, 3.8) is 0 Å². The van der Waals surface area contributed by atoms with E-state index in [-0.39, 0.29) is 11.9 Å². The van der Waals surface area contributed by atoms with E-state index in [0.717, 1.165) is 0 Å². The Morgan fingerprint density at radius 3 is 3.00 bits per heavy atom. The third-order valence-corrected chi connectivity index (χ3v) is 3.75. The highest BCUT2D eigenvalue weighted by atomic mass is 16.5. The molecule has 0 saturated heterocycles. The first-order valence-corrected chi connectivity index (χ1v) is 6.90. The number of methoxy groups -OCH3 is 1. The molecule has 1 saturated carbocycles. The molecule has 6 nitrogen and oxygen atoms in total. The number of carbonyl (C=O) groups excluding carboxylic acids is 1. The normalized spacial score (nSPS) is 15.8. The minimum atomic E-state index is 0.000324. The molecule has 1 unspecified atom stereocenters. The molecule has 1 aromatic heterocycles. The largest absolute Gasteiger partial charge is 0.383 e. The highest BCUT2D eigenvalue weighted by molar-refractivity contribution is 5.95. The maximum atomic E-state index is 12.7. The first-order chi connectivity index (χ1) is 9.67. The first-order valence-electron chi connectivity index (χ1n) is 6.90. The van der Waals surface area contributed by atoms with E-state index in [1.54, 1.807) is 25.4 Å². The zero-order valence-electron chi connectivity index (χ0n) is 12.0. The van der Waals surface area contributed by atoms with Gasteiger partial charge in [0.2, 0.25) is 0 Å². The Morgan fingerprint density at radius 1 is 1.65 bits per heavy atom. The summed E-state index contributed by atoms with van der Waals surface area (Å²) in [5, 5.41) is 0. The molecule has 110 valence electrons. The summed E-state index contributed by atoms with van der Waals surface area (Å²) in [6, 6.07) is 3.62. The minimum absolute atomic E-state index is 0.000324. The summed E-state index contributed by atoms with van der Waals surface area (Å²) in [6.07, 6.45) is 3.98. The van der Waals surface area contributed by atoms with Gasteiger partial charge in [0.1, 0.15) is 5.82 Å². The van der Waals surface area contributed by atoms with Crippen molar-refractivity contribution >= 4 is 11.7 Å². The lowest BCUT2D eigenvalue weighted by Crippen LogP contribution is -2.42. The Morgan fingerprint density at radius 2 is 2.40 bits per heavy atom. The van der Waals surface area contributed by atoms with Crippen LogP contribution in [0.5, 0.6) is 0 Å². The van der Waals surface area contributed by atoms with Crippen LogP contribution in [0.2, 0.25) is 0 Å². The average molecular weight is 278 g/mol. The second kappa shape index (κ2) is 6.67. The van der Waals surface area contributed by atoms with Crippen molar-refractivity contribution in [2.24, 2.45) is 11.8 Å². The molecule has 1 atom stereocenters. The fourth-order valence-electron chi connectivity index (χ4n) is 2.32. The number of nitrogens with one attached hydrogen (secondary N) is 1. The monoisotopic (exact) mass is 278 g/mol. The molecule has 1 aliphatic rings. The molecule has 0 bridgehead atoms. The van der Waals surface area contributed by atoms with Gasteiger partial charge in [0.05, 0.1) is 6.61 Å². The van der Waals surface area contributed by atoms with E-state index in [1.807, 2.05) is 4.90 Å². The van der Waals surface area contributed by atoms with Crippen molar-refractivity contribution in [2.75, 3.05) is 25.7 Å². The van der Waals surface area contributed by atoms with E-state index >= 15 is 0 Å². The molecule has 3 N–H and O–H groups in total. The predicted molar refractivity (Wildman–Crippen MR) is 77.1 cm³/mol. The summed E-state index contributed by atoms with van der Waals surface area (Å²) in [6.45, 7) is 3.24. The first kappa shape index (κ1) is 14.7. The van der Waals surface area contributed by atoms with Crippen LogP contribution in [0, 0.1) is 5.92 Å². The molecule has 20 heavy (non-hydrogen) atoms. The van der Waals surface area contributed by atoms with Crippen LogP contribution in [-0.4, -0.2) is 42.1 Å². The number of carbonyl (C=O) groups is 1. The molecule has 0 spiro atoms. The number of ether oxygens (including phenoxy) is 1. The second-order valence-electron chi connectivity index (χ2n) is 5.14. The molecule has 1 aliphatic carbocycles. The average Bonchev–Trinajstić information content (AvgIpc) is 3.32. The Labute approximate surface area is 119 Å². The number of nitrogens with two attached hydrogens (primary N) is 1. The van der Waals surface area contributed by atoms with Gasteiger partial charge in [0.25, 0.3) is 5.91 Å². The molecule has 1 amide bonds. The van der Waals surface area contributed by atoms with Gasteiger partial charge < -0.3 is 15.1 Å². The summed E-state index contributed by atoms with van der Waals surface area (Å²) in [5.41, 5.74) is 3.06. The number of anilines is 1. The van der Waals surface area contributed by atoms with Crippen molar-refractivity contribution < 1.29 is 9.53 Å². The number of rotatable bonds is 7. The van der Waals surface area contributed by atoms with Gasteiger partial charge in [-0.1, -0.05) is 0 Å². The maximum absolute atomic E-state index is 12.7. The Kier molecular flexibility index (Phi) is 4.92. The van der Waals surface area contributed by atoms with Crippen LogP contribution in [0.4, 0.5) is 5.82 Å². The Bertz CT molecular complexity index is 462. The number of hydrazine groups is 1. The zero-order valence-corrected chi connectivity index (χ0v) is 12.0. The predicted octanol–water partition coefficient (Wildman–Crippen LogP) is 1.25. The number of pyridine rings is 1. The van der Waals surface area contributed by atoms with E-state index in [9.17, 15) is 4.79 Å². The summed E-state index contributed by atoms with van der Waals surface area (Å²) in [5.74, 6) is 6.44. The summed E-state index contributed by atoms with van der Waals surface area (Å²) >= 11 is 0. The standard InChI is InChI=1S/C14H22N4O2/c1-10(11-3-4-11)18(7-8-20-2)14(19)12-5-6-16-13(9-12)17-15/h5-6,9-11H,3-4,7-8,15H2,1-2H3,(H,16,17). The number of amides is 1. The van der Waals surface area contributed by atoms with Gasteiger partial charge in [-0.2, -0.15) is 0 Å². The SMILES string of the molecule is COCCN(C(=O)c1ccnc(NN)c1)C(C)C1CC1. The minimum Gasteiger partial charge on any atom is -0.383 e. The van der Waals surface area contributed by atoms with E-state index in [0.29, 0.717) is 30.5 Å². The number of nitrogen functional groups attached to an aromatic ring is 1. The number of nitrogens with zero attached hydrogens (tertiary/aromatic N) is 2. The Balaban J connectivity index is 2.15. The van der Waals surface area contributed by atoms with Gasteiger partial charge in [-0.25, -0.2) is 10.8 Å². The maximum Gasteiger partial charge on any atom is 0.254 e. The number of aromatic nitrogens is 1. The van der Waals surface area contributed by atoms with Crippen molar-refractivity contribution in [3.8, 4) is 0 Å². The lowest BCUT2D eigenvalue weighted by molar-refractivity contribution is 0.0594. The lowest BCUT2D eigenvalue weighted by Gasteiger charge is -2.29. The summed E-state index contributed by atoms with van der Waals surface area (Å²) in [7, 11) is 1.65. The van der Waals surface area contributed by atoms with Crippen molar-refractivity contribution in [2.45, 2.75) is 25.8 Å². The van der Waals surface area contributed by atoms with Crippen molar-refractivity contribution in [3.05, 3.63) is 23.9 Å². The molecular formula is C14H22N4O2. The second-order valence-corrected chi connectivity index (χ2v) is 5.14. The molecule has 1 aromatic rings. The third-order valence-electron chi connectivity index (χ3n) is 3.75. The molecule has 0 radical (unpaired) electrons. The molecule has 6 heteroatoms. The zero-order chi connectivity index (χ0) is 14.5. The summed E-state index contributed by atoms with van der Waals surface area (Å²) < 4.78 is 5.11. The number of hydrogen-bond acceptors (Lipinski definition) is 5. The van der Waals surface area contributed by atoms with Gasteiger partial charge in [-0.3, -0.25) is 4.79 Å². The molecular weight excluding hydrogens is 256 g/mol. The van der Waals surface area contributed by atoms with Crippen LogP contribution in [0.1, 0.15) is 30.1 Å². The fourth-order valence-corrected chi connectivity index (χ4v) is 2.32. The van der Waals surface area contributed by atoms with Crippen molar-refractivity contribution in [1.82, 2.24) is 9.88 Å².